The summed E-state index contributed by atoms with van der Waals surface area (Å²) in [5.74, 6) is 0.0796. The molecular formula is C7H5Br2ClO. The van der Waals surface area contributed by atoms with Gasteiger partial charge in [-0.2, -0.15) is 0 Å². The fourth-order valence-electron chi connectivity index (χ4n) is 0.674. The lowest BCUT2D eigenvalue weighted by molar-refractivity contribution is 0.474. The molecule has 11 heavy (non-hydrogen) atoms. The van der Waals surface area contributed by atoms with E-state index in [1.165, 1.54) is 0 Å². The highest BCUT2D eigenvalue weighted by Crippen LogP contribution is 2.37. The van der Waals surface area contributed by atoms with Gasteiger partial charge in [-0.15, -0.1) is 0 Å². The van der Waals surface area contributed by atoms with Gasteiger partial charge in [0.1, 0.15) is 5.75 Å². The van der Waals surface area contributed by atoms with E-state index >= 15 is 0 Å². The first-order valence-electron chi connectivity index (χ1n) is 2.87. The molecule has 0 heterocycles. The number of rotatable bonds is 0. The van der Waals surface area contributed by atoms with E-state index in [1.807, 2.05) is 6.92 Å². The Morgan fingerprint density at radius 2 is 2.00 bits per heavy atom. The van der Waals surface area contributed by atoms with Crippen LogP contribution in [0.15, 0.2) is 15.0 Å². The van der Waals surface area contributed by atoms with Crippen LogP contribution in [-0.4, -0.2) is 5.11 Å². The Morgan fingerprint density at radius 3 is 2.55 bits per heavy atom. The topological polar surface area (TPSA) is 20.2 Å². The summed E-state index contributed by atoms with van der Waals surface area (Å²) in [5, 5.41) is 9.57. The first-order chi connectivity index (χ1) is 5.04. The summed E-state index contributed by atoms with van der Waals surface area (Å²) < 4.78 is 1.57. The predicted octanol–water partition coefficient (Wildman–Crippen LogP) is 3.88. The van der Waals surface area contributed by atoms with Crippen molar-refractivity contribution in [3.05, 3.63) is 25.6 Å². The number of hydrogen-bond donors (Lipinski definition) is 1. The summed E-state index contributed by atoms with van der Waals surface area (Å²) >= 11 is 12.3. The second-order valence-corrected chi connectivity index (χ2v) is 4.16. The Labute approximate surface area is 86.6 Å². The van der Waals surface area contributed by atoms with E-state index in [0.29, 0.717) is 5.02 Å². The van der Waals surface area contributed by atoms with Crippen molar-refractivity contribution in [2.75, 3.05) is 0 Å². The second kappa shape index (κ2) is 3.33. The molecule has 0 aliphatic carbocycles. The van der Waals surface area contributed by atoms with Gasteiger partial charge in [0.2, 0.25) is 0 Å². The maximum absolute atomic E-state index is 9.21. The van der Waals surface area contributed by atoms with Gasteiger partial charge < -0.3 is 5.11 Å². The Balaban J connectivity index is 3.46. The van der Waals surface area contributed by atoms with Crippen LogP contribution >= 0.6 is 43.5 Å². The molecular weight excluding hydrogens is 295 g/mol. The van der Waals surface area contributed by atoms with Crippen molar-refractivity contribution in [1.82, 2.24) is 0 Å². The van der Waals surface area contributed by atoms with Crippen LogP contribution in [0, 0.1) is 6.92 Å². The molecule has 1 aromatic rings. The molecule has 1 aromatic carbocycles. The molecule has 1 nitrogen and oxygen atoms in total. The number of phenols is 1. The van der Waals surface area contributed by atoms with Crippen molar-refractivity contribution < 1.29 is 5.11 Å². The summed E-state index contributed by atoms with van der Waals surface area (Å²) in [7, 11) is 0. The highest BCUT2D eigenvalue weighted by Gasteiger charge is 2.08. The van der Waals surface area contributed by atoms with Gasteiger partial charge >= 0.3 is 0 Å². The van der Waals surface area contributed by atoms with Gasteiger partial charge in [-0.25, -0.2) is 0 Å². The highest BCUT2D eigenvalue weighted by molar-refractivity contribution is 9.11. The van der Waals surface area contributed by atoms with Crippen LogP contribution < -0.4 is 0 Å². The number of halogens is 3. The summed E-state index contributed by atoms with van der Waals surface area (Å²) in [6.45, 7) is 1.90. The zero-order valence-electron chi connectivity index (χ0n) is 5.66. The normalized spacial score (nSPS) is 10.2. The van der Waals surface area contributed by atoms with Crippen molar-refractivity contribution in [1.29, 1.82) is 0 Å². The second-order valence-electron chi connectivity index (χ2n) is 2.13. The molecule has 0 fully saturated rings. The standard InChI is InChI=1S/C7H5Br2ClO/c1-3-4(8)2-5(11)7(10)6(3)9/h2,11H,1H3. The minimum Gasteiger partial charge on any atom is -0.506 e. The van der Waals surface area contributed by atoms with Crippen LogP contribution in [0.1, 0.15) is 5.56 Å². The Hall–Kier alpha value is 0.270. The van der Waals surface area contributed by atoms with E-state index in [0.717, 1.165) is 14.5 Å². The van der Waals surface area contributed by atoms with Gasteiger partial charge in [-0.05, 0) is 34.5 Å². The Morgan fingerprint density at radius 1 is 1.45 bits per heavy atom. The van der Waals surface area contributed by atoms with E-state index in [1.54, 1.807) is 6.07 Å². The minimum absolute atomic E-state index is 0.0796. The summed E-state index contributed by atoms with van der Waals surface area (Å²) in [6.07, 6.45) is 0. The zero-order valence-corrected chi connectivity index (χ0v) is 9.59. The molecule has 4 heteroatoms. The number of phenolic OH excluding ortho intramolecular Hbond substituents is 1. The third kappa shape index (κ3) is 1.71. The first kappa shape index (κ1) is 9.36. The molecule has 0 amide bonds. The van der Waals surface area contributed by atoms with Crippen LogP contribution in [0.4, 0.5) is 0 Å². The van der Waals surface area contributed by atoms with Crippen molar-refractivity contribution in [2.45, 2.75) is 6.92 Å². The lowest BCUT2D eigenvalue weighted by Gasteiger charge is -2.05. The smallest absolute Gasteiger partial charge is 0.136 e. The van der Waals surface area contributed by atoms with Gasteiger partial charge in [0.25, 0.3) is 0 Å². The fourth-order valence-corrected chi connectivity index (χ4v) is 1.97. The monoisotopic (exact) mass is 298 g/mol. The lowest BCUT2D eigenvalue weighted by atomic mass is 10.2. The Kier molecular flexibility index (Phi) is 2.84. The molecule has 0 atom stereocenters. The van der Waals surface area contributed by atoms with Gasteiger partial charge in [0, 0.05) is 8.95 Å². The fraction of sp³-hybridized carbons (Fsp3) is 0.143. The summed E-state index contributed by atoms with van der Waals surface area (Å²) in [6, 6.07) is 1.57. The van der Waals surface area contributed by atoms with Gasteiger partial charge in [0.15, 0.2) is 0 Å². The third-order valence-electron chi connectivity index (χ3n) is 1.37. The average molecular weight is 300 g/mol. The molecule has 0 aliphatic heterocycles. The molecule has 0 aliphatic rings. The molecule has 0 aromatic heterocycles. The number of benzene rings is 1. The van der Waals surface area contributed by atoms with Crippen molar-refractivity contribution >= 4 is 43.5 Å². The maximum Gasteiger partial charge on any atom is 0.136 e. The van der Waals surface area contributed by atoms with Crippen LogP contribution in [0.5, 0.6) is 5.75 Å². The molecule has 0 bridgehead atoms. The minimum atomic E-state index is 0.0796. The molecule has 1 rings (SSSR count). The average Bonchev–Trinajstić information content (AvgIpc) is 1.97. The maximum atomic E-state index is 9.21. The van der Waals surface area contributed by atoms with Crippen LogP contribution in [0.25, 0.3) is 0 Å². The molecule has 0 radical (unpaired) electrons. The SMILES string of the molecule is Cc1c(Br)cc(O)c(Cl)c1Br. The first-order valence-corrected chi connectivity index (χ1v) is 4.83. The summed E-state index contributed by atoms with van der Waals surface area (Å²) in [5.41, 5.74) is 0.979. The van der Waals surface area contributed by atoms with Gasteiger partial charge in [-0.3, -0.25) is 0 Å². The molecule has 60 valence electrons. The van der Waals surface area contributed by atoms with E-state index in [2.05, 4.69) is 31.9 Å². The lowest BCUT2D eigenvalue weighted by Crippen LogP contribution is -1.80. The molecule has 0 spiro atoms. The zero-order chi connectivity index (χ0) is 8.59. The van der Waals surface area contributed by atoms with Crippen molar-refractivity contribution in [3.8, 4) is 5.75 Å². The van der Waals surface area contributed by atoms with Gasteiger partial charge in [0.05, 0.1) is 5.02 Å². The van der Waals surface area contributed by atoms with Crippen molar-refractivity contribution in [2.24, 2.45) is 0 Å². The van der Waals surface area contributed by atoms with Crippen LogP contribution in [0.2, 0.25) is 5.02 Å². The van der Waals surface area contributed by atoms with Gasteiger partial charge in [-0.1, -0.05) is 27.5 Å². The number of hydrogen-bond acceptors (Lipinski definition) is 1. The molecule has 0 saturated carbocycles. The van der Waals surface area contributed by atoms with E-state index < -0.39 is 0 Å². The Bertz CT molecular complexity index is 273. The van der Waals surface area contributed by atoms with E-state index in [4.69, 9.17) is 11.6 Å². The predicted molar refractivity (Wildman–Crippen MR) is 53.3 cm³/mol. The van der Waals surface area contributed by atoms with Crippen LogP contribution in [-0.2, 0) is 0 Å². The molecule has 1 N–H and O–H groups in total. The third-order valence-corrected chi connectivity index (χ3v) is 3.79. The van der Waals surface area contributed by atoms with E-state index in [9.17, 15) is 5.11 Å². The largest absolute Gasteiger partial charge is 0.506 e. The van der Waals surface area contributed by atoms with Crippen molar-refractivity contribution in [3.63, 3.8) is 0 Å². The van der Waals surface area contributed by atoms with Crippen LogP contribution in [0.3, 0.4) is 0 Å². The highest BCUT2D eigenvalue weighted by atomic mass is 79.9. The molecule has 0 saturated heterocycles. The molecule has 0 unspecified atom stereocenters. The summed E-state index contributed by atoms with van der Waals surface area (Å²) in [4.78, 5) is 0. The van der Waals surface area contributed by atoms with E-state index in [-0.39, 0.29) is 5.75 Å². The quantitative estimate of drug-likeness (QED) is 0.721. The number of aromatic hydroxyl groups is 1.